The molecule has 0 spiro atoms. The van der Waals surface area contributed by atoms with Crippen molar-refractivity contribution in [2.75, 3.05) is 6.54 Å². The van der Waals surface area contributed by atoms with E-state index in [1.54, 1.807) is 32.0 Å². The van der Waals surface area contributed by atoms with Crippen LogP contribution >= 0.6 is 12.4 Å². The maximum atomic E-state index is 12.7. The quantitative estimate of drug-likeness (QED) is 0.783. The molecule has 7 heteroatoms. The molecule has 1 atom stereocenters. The third-order valence-electron chi connectivity index (χ3n) is 4.85. The zero-order valence-electron chi connectivity index (χ0n) is 14.9. The predicted octanol–water partition coefficient (Wildman–Crippen LogP) is 2.93. The van der Waals surface area contributed by atoms with E-state index in [0.29, 0.717) is 12.5 Å². The minimum Gasteiger partial charge on any atom is -0.348 e. The highest BCUT2D eigenvalue weighted by Gasteiger charge is 2.28. The first-order valence-corrected chi connectivity index (χ1v) is 10.3. The van der Waals surface area contributed by atoms with Crippen LogP contribution < -0.4 is 11.1 Å². The van der Waals surface area contributed by atoms with E-state index in [1.165, 1.54) is 12.5 Å². The normalized spacial score (nSPS) is 17.0. The highest BCUT2D eigenvalue weighted by molar-refractivity contribution is 7.92. The van der Waals surface area contributed by atoms with Gasteiger partial charge in [-0.05, 0) is 44.7 Å². The molecule has 1 aromatic carbocycles. The molecule has 1 amide bonds. The van der Waals surface area contributed by atoms with Gasteiger partial charge < -0.3 is 11.1 Å². The Morgan fingerprint density at radius 1 is 1.20 bits per heavy atom. The van der Waals surface area contributed by atoms with Gasteiger partial charge in [-0.3, -0.25) is 4.79 Å². The number of carbonyl (C=O) groups excluding carboxylic acids is 1. The molecule has 1 aromatic rings. The third-order valence-corrected chi connectivity index (χ3v) is 7.06. The zero-order valence-corrected chi connectivity index (χ0v) is 16.5. The summed E-state index contributed by atoms with van der Waals surface area (Å²) in [6.07, 6.45) is 5.68. The van der Waals surface area contributed by atoms with E-state index >= 15 is 0 Å². The summed E-state index contributed by atoms with van der Waals surface area (Å²) >= 11 is 0. The minimum absolute atomic E-state index is 0. The summed E-state index contributed by atoms with van der Waals surface area (Å²) in [6, 6.07) is 6.30. The number of sulfone groups is 1. The molecule has 0 heterocycles. The van der Waals surface area contributed by atoms with Crippen LogP contribution in [0.4, 0.5) is 0 Å². The average molecular weight is 389 g/mol. The minimum atomic E-state index is -3.51. The van der Waals surface area contributed by atoms with Gasteiger partial charge in [0.25, 0.3) is 5.91 Å². The molecule has 3 N–H and O–H groups in total. The van der Waals surface area contributed by atoms with Gasteiger partial charge in [0.05, 0.1) is 15.7 Å². The van der Waals surface area contributed by atoms with Gasteiger partial charge in [-0.2, -0.15) is 0 Å². The van der Waals surface area contributed by atoms with E-state index in [-0.39, 0.29) is 34.8 Å². The lowest BCUT2D eigenvalue weighted by atomic mass is 9.84. The Morgan fingerprint density at radius 3 is 2.36 bits per heavy atom. The smallest absolute Gasteiger partial charge is 0.252 e. The Kier molecular flexibility index (Phi) is 8.38. The van der Waals surface area contributed by atoms with Crippen molar-refractivity contribution in [1.29, 1.82) is 0 Å². The SMILES string of the molecule is CC(C)S(=O)(=O)c1ccccc1C(=O)NC(CN)C1CCCCC1.Cl. The number of nitrogens with two attached hydrogens (primary N) is 1. The van der Waals surface area contributed by atoms with E-state index in [1.807, 2.05) is 0 Å². The van der Waals surface area contributed by atoms with Crippen molar-refractivity contribution in [3.05, 3.63) is 29.8 Å². The number of halogens is 1. The van der Waals surface area contributed by atoms with Gasteiger partial charge in [0, 0.05) is 12.6 Å². The second-order valence-electron chi connectivity index (χ2n) is 6.80. The van der Waals surface area contributed by atoms with Gasteiger partial charge in [-0.15, -0.1) is 12.4 Å². The maximum Gasteiger partial charge on any atom is 0.252 e. The predicted molar refractivity (Wildman–Crippen MR) is 103 cm³/mol. The fourth-order valence-corrected chi connectivity index (χ4v) is 4.55. The topological polar surface area (TPSA) is 89.3 Å². The largest absolute Gasteiger partial charge is 0.348 e. The average Bonchev–Trinajstić information content (AvgIpc) is 2.60. The molecule has 0 aliphatic heterocycles. The van der Waals surface area contributed by atoms with Crippen LogP contribution in [0.1, 0.15) is 56.3 Å². The van der Waals surface area contributed by atoms with Crippen LogP contribution in [0.25, 0.3) is 0 Å². The van der Waals surface area contributed by atoms with E-state index in [2.05, 4.69) is 5.32 Å². The van der Waals surface area contributed by atoms with Crippen LogP contribution in [0.15, 0.2) is 29.2 Å². The van der Waals surface area contributed by atoms with Gasteiger partial charge in [0.1, 0.15) is 0 Å². The molecule has 0 radical (unpaired) electrons. The summed E-state index contributed by atoms with van der Waals surface area (Å²) in [4.78, 5) is 12.8. The molecule has 25 heavy (non-hydrogen) atoms. The number of hydrogen-bond acceptors (Lipinski definition) is 4. The number of benzene rings is 1. The van der Waals surface area contributed by atoms with Crippen LogP contribution in [0.5, 0.6) is 0 Å². The fourth-order valence-electron chi connectivity index (χ4n) is 3.31. The molecule has 1 aliphatic carbocycles. The lowest BCUT2D eigenvalue weighted by molar-refractivity contribution is 0.0912. The molecule has 5 nitrogen and oxygen atoms in total. The number of rotatable bonds is 6. The van der Waals surface area contributed by atoms with Crippen molar-refractivity contribution in [2.45, 2.75) is 62.1 Å². The van der Waals surface area contributed by atoms with E-state index < -0.39 is 15.1 Å². The Bertz CT molecular complexity index is 671. The molecule has 0 bridgehead atoms. The van der Waals surface area contributed by atoms with Crippen LogP contribution in [0, 0.1) is 5.92 Å². The first-order valence-electron chi connectivity index (χ1n) is 8.71. The Labute approximate surface area is 157 Å². The number of carbonyl (C=O) groups is 1. The standard InChI is InChI=1S/C18H28N2O3S.ClH/c1-13(2)24(22,23)17-11-7-6-10-15(17)18(21)20-16(12-19)14-8-4-3-5-9-14;/h6-7,10-11,13-14,16H,3-5,8-9,12,19H2,1-2H3,(H,20,21);1H. The van der Waals surface area contributed by atoms with Crippen LogP contribution in [0.3, 0.4) is 0 Å². The summed E-state index contributed by atoms with van der Waals surface area (Å²) in [5.41, 5.74) is 6.08. The number of nitrogens with one attached hydrogen (secondary N) is 1. The monoisotopic (exact) mass is 388 g/mol. The maximum absolute atomic E-state index is 12.7. The molecular formula is C18H29ClN2O3S. The molecule has 0 saturated heterocycles. The first-order chi connectivity index (χ1) is 11.4. The van der Waals surface area contributed by atoms with Gasteiger partial charge >= 0.3 is 0 Å². The first kappa shape index (κ1) is 21.9. The van der Waals surface area contributed by atoms with E-state index in [0.717, 1.165) is 25.7 Å². The van der Waals surface area contributed by atoms with Crippen molar-refractivity contribution in [3.8, 4) is 0 Å². The van der Waals surface area contributed by atoms with Crippen molar-refractivity contribution in [1.82, 2.24) is 5.32 Å². The molecule has 1 aliphatic rings. The summed E-state index contributed by atoms with van der Waals surface area (Å²) in [5, 5.41) is 2.40. The van der Waals surface area contributed by atoms with Gasteiger partial charge in [-0.25, -0.2) is 8.42 Å². The van der Waals surface area contributed by atoms with Gasteiger partial charge in [0.15, 0.2) is 9.84 Å². The molecule has 1 fully saturated rings. The molecule has 142 valence electrons. The lowest BCUT2D eigenvalue weighted by Crippen LogP contribution is -2.46. The van der Waals surface area contributed by atoms with Crippen LogP contribution in [-0.2, 0) is 9.84 Å². The van der Waals surface area contributed by atoms with Gasteiger partial charge in [0.2, 0.25) is 0 Å². The van der Waals surface area contributed by atoms with Crippen LogP contribution in [-0.4, -0.2) is 32.2 Å². The second-order valence-corrected chi connectivity index (χ2v) is 9.28. The van der Waals surface area contributed by atoms with Gasteiger partial charge in [-0.1, -0.05) is 31.4 Å². The lowest BCUT2D eigenvalue weighted by Gasteiger charge is -2.30. The van der Waals surface area contributed by atoms with Crippen molar-refractivity contribution >= 4 is 28.2 Å². The second kappa shape index (κ2) is 9.55. The summed E-state index contributed by atoms with van der Waals surface area (Å²) in [6.45, 7) is 3.61. The molecule has 1 unspecified atom stereocenters. The molecule has 2 rings (SSSR count). The number of amides is 1. The highest BCUT2D eigenvalue weighted by Crippen LogP contribution is 2.27. The Balaban J connectivity index is 0.00000312. The summed E-state index contributed by atoms with van der Waals surface area (Å²) < 4.78 is 25.0. The molecular weight excluding hydrogens is 360 g/mol. The highest BCUT2D eigenvalue weighted by atomic mass is 35.5. The summed E-state index contributed by atoms with van der Waals surface area (Å²) in [7, 11) is -3.51. The van der Waals surface area contributed by atoms with E-state index in [4.69, 9.17) is 5.73 Å². The van der Waals surface area contributed by atoms with Crippen molar-refractivity contribution in [2.24, 2.45) is 11.7 Å². The van der Waals surface area contributed by atoms with Crippen molar-refractivity contribution < 1.29 is 13.2 Å². The Hall–Kier alpha value is -1.11. The Morgan fingerprint density at radius 2 is 1.80 bits per heavy atom. The zero-order chi connectivity index (χ0) is 17.7. The summed E-state index contributed by atoms with van der Waals surface area (Å²) in [5.74, 6) is 0.0254. The third kappa shape index (κ3) is 5.19. The number of hydrogen-bond donors (Lipinski definition) is 2. The fraction of sp³-hybridized carbons (Fsp3) is 0.611. The molecule has 1 saturated carbocycles. The molecule has 0 aromatic heterocycles. The van der Waals surface area contributed by atoms with Crippen molar-refractivity contribution in [3.63, 3.8) is 0 Å². The van der Waals surface area contributed by atoms with E-state index in [9.17, 15) is 13.2 Å². The van der Waals surface area contributed by atoms with Crippen LogP contribution in [0.2, 0.25) is 0 Å².